The van der Waals surface area contributed by atoms with Gasteiger partial charge in [0.05, 0.1) is 34.4 Å². The fourth-order valence-corrected chi connectivity index (χ4v) is 6.05. The molecule has 3 aromatic carbocycles. The number of carbonyl (C=O) groups excluding carboxylic acids is 1. The molecule has 0 saturated carbocycles. The van der Waals surface area contributed by atoms with Gasteiger partial charge in [-0.25, -0.2) is 32.8 Å². The van der Waals surface area contributed by atoms with E-state index < -0.39 is 43.7 Å². The monoisotopic (exact) mass is 667 g/mol. The maximum absolute atomic E-state index is 15.6. The summed E-state index contributed by atoms with van der Waals surface area (Å²) in [5.41, 5.74) is 0.115. The van der Waals surface area contributed by atoms with E-state index in [1.54, 1.807) is 36.6 Å². The summed E-state index contributed by atoms with van der Waals surface area (Å²) in [6.45, 7) is 0.903. The van der Waals surface area contributed by atoms with E-state index in [-0.39, 0.29) is 23.4 Å². The van der Waals surface area contributed by atoms with Crippen LogP contribution >= 0.6 is 19.2 Å². The van der Waals surface area contributed by atoms with Gasteiger partial charge >= 0.3 is 13.8 Å². The largest absolute Gasteiger partial charge is 0.524 e. The number of phosphoric ester groups is 1. The summed E-state index contributed by atoms with van der Waals surface area (Å²) >= 11 is 1.27. The van der Waals surface area contributed by atoms with Crippen LogP contribution in [0.4, 0.5) is 8.78 Å². The van der Waals surface area contributed by atoms with E-state index in [2.05, 4.69) is 20.7 Å². The third kappa shape index (κ3) is 7.51. The summed E-state index contributed by atoms with van der Waals surface area (Å²) in [6, 6.07) is 16.8. The molecule has 2 aromatic heterocycles. The lowest BCUT2D eigenvalue weighted by atomic mass is 9.81. The molecule has 2 heterocycles. The molecule has 0 bridgehead atoms. The second-order valence-corrected chi connectivity index (χ2v) is 11.9. The van der Waals surface area contributed by atoms with Crippen LogP contribution in [0.1, 0.15) is 39.3 Å². The van der Waals surface area contributed by atoms with Gasteiger partial charge < -0.3 is 14.0 Å². The first-order valence-corrected chi connectivity index (χ1v) is 15.8. The minimum atomic E-state index is -4.80. The highest BCUT2D eigenvalue weighted by atomic mass is 32.1. The average molecular weight is 668 g/mol. The molecule has 5 aromatic rings. The highest BCUT2D eigenvalue weighted by Crippen LogP contribution is 2.44. The maximum atomic E-state index is 15.6. The van der Waals surface area contributed by atoms with Gasteiger partial charge in [0, 0.05) is 28.5 Å². The van der Waals surface area contributed by atoms with E-state index in [1.807, 2.05) is 0 Å². The zero-order valence-corrected chi connectivity index (χ0v) is 25.6. The quantitative estimate of drug-likeness (QED) is 0.0971. The molecule has 0 fully saturated rings. The number of rotatable bonds is 12. The first kappa shape index (κ1) is 32.6. The number of benzene rings is 3. The Morgan fingerprint density at radius 1 is 1.13 bits per heavy atom. The number of phosphoric acid groups is 1. The van der Waals surface area contributed by atoms with Gasteiger partial charge in [0.1, 0.15) is 35.6 Å². The summed E-state index contributed by atoms with van der Waals surface area (Å²) < 4.78 is 58.3. The number of nitrogens with zero attached hydrogens (tertiary/aromatic N) is 5. The predicted molar refractivity (Wildman–Crippen MR) is 159 cm³/mol. The highest BCUT2D eigenvalue weighted by molar-refractivity contribution is 7.46. The molecule has 16 heteroatoms. The molecule has 2 atom stereocenters. The predicted octanol–water partition coefficient (Wildman–Crippen LogP) is 5.55. The lowest BCUT2D eigenvalue weighted by Gasteiger charge is -2.38. The van der Waals surface area contributed by atoms with Crippen molar-refractivity contribution >= 4 is 25.1 Å². The molecule has 0 spiro atoms. The number of nitriles is 1. The zero-order chi connectivity index (χ0) is 32.9. The first-order valence-electron chi connectivity index (χ1n) is 13.4. The number of esters is 1. The number of hydrogen-bond acceptors (Lipinski definition) is 10. The first-order chi connectivity index (χ1) is 22.0. The van der Waals surface area contributed by atoms with E-state index in [0.29, 0.717) is 16.3 Å². The molecule has 0 saturated heterocycles. The molecule has 0 aliphatic rings. The van der Waals surface area contributed by atoms with Gasteiger partial charge in [-0.15, -0.1) is 11.3 Å². The molecule has 0 aliphatic heterocycles. The Bertz CT molecular complexity index is 1910. The lowest BCUT2D eigenvalue weighted by Crippen LogP contribution is -2.42. The van der Waals surface area contributed by atoms with Gasteiger partial charge in [0.2, 0.25) is 0 Å². The molecular weight excluding hydrogens is 643 g/mol. The molecule has 2 N–H and O–H groups in total. The minimum absolute atomic E-state index is 0.0107. The summed E-state index contributed by atoms with van der Waals surface area (Å²) in [4.78, 5) is 39.5. The zero-order valence-electron chi connectivity index (χ0n) is 23.9. The van der Waals surface area contributed by atoms with Crippen LogP contribution in [0.2, 0.25) is 0 Å². The number of carbonyl (C=O) groups is 1. The standard InChI is InChI=1S/C30H24F2N5O7PS/c1-19(28-36-27(14-46-28)21-4-2-20(13-33)3-5-21)30(15-37-17-34-16-35-37,25-11-8-23(31)12-26(25)32)43-18-42-29(38)22-6-9-24(10-7-22)44-45(39,40)41/h2-12,14,16-17,19H,15,18H2,1H3,(H2,39,40,41)/t19-,30+/m0/s1. The van der Waals surface area contributed by atoms with E-state index in [9.17, 15) is 13.8 Å². The average Bonchev–Trinajstić information content (AvgIpc) is 3.73. The van der Waals surface area contributed by atoms with E-state index in [0.717, 1.165) is 17.7 Å². The van der Waals surface area contributed by atoms with Crippen LogP contribution in [-0.2, 0) is 26.2 Å². The van der Waals surface area contributed by atoms with E-state index >= 15 is 4.39 Å². The van der Waals surface area contributed by atoms with Crippen LogP contribution in [0.5, 0.6) is 5.75 Å². The van der Waals surface area contributed by atoms with Gasteiger partial charge in [-0.3, -0.25) is 9.79 Å². The van der Waals surface area contributed by atoms with Crippen molar-refractivity contribution in [1.29, 1.82) is 5.26 Å². The van der Waals surface area contributed by atoms with Crippen molar-refractivity contribution in [2.45, 2.75) is 25.0 Å². The molecule has 0 unspecified atom stereocenters. The normalized spacial score (nSPS) is 13.4. The highest BCUT2D eigenvalue weighted by Gasteiger charge is 2.45. The van der Waals surface area contributed by atoms with E-state index in [4.69, 9.17) is 29.5 Å². The Morgan fingerprint density at radius 2 is 1.87 bits per heavy atom. The van der Waals surface area contributed by atoms with Gasteiger partial charge in [0.25, 0.3) is 0 Å². The van der Waals surface area contributed by atoms with Gasteiger partial charge in [-0.05, 0) is 42.5 Å². The van der Waals surface area contributed by atoms with E-state index in [1.165, 1.54) is 59.0 Å². The van der Waals surface area contributed by atoms with Crippen molar-refractivity contribution in [2.24, 2.45) is 0 Å². The maximum Gasteiger partial charge on any atom is 0.524 e. The van der Waals surface area contributed by atoms with Gasteiger partial charge in [-0.2, -0.15) is 10.4 Å². The SMILES string of the molecule is C[C@@H](c1nc(-c2ccc(C#N)cc2)cs1)[C@@](Cn1cncn1)(OCOC(=O)c1ccc(OP(=O)(O)O)cc1)c1ccc(F)cc1F. The molecule has 0 aliphatic carbocycles. The van der Waals surface area contributed by atoms with Crippen molar-refractivity contribution in [1.82, 2.24) is 19.7 Å². The van der Waals surface area contributed by atoms with Gasteiger partial charge in [0.15, 0.2) is 6.79 Å². The van der Waals surface area contributed by atoms with Gasteiger partial charge in [-0.1, -0.05) is 25.1 Å². The van der Waals surface area contributed by atoms with Crippen molar-refractivity contribution in [3.63, 3.8) is 0 Å². The van der Waals surface area contributed by atoms with Crippen LogP contribution < -0.4 is 4.52 Å². The Balaban J connectivity index is 1.48. The van der Waals surface area contributed by atoms with Crippen LogP contribution in [0.25, 0.3) is 11.3 Å². The summed E-state index contributed by atoms with van der Waals surface area (Å²) in [7, 11) is -4.80. The molecule has 0 amide bonds. The number of aromatic nitrogens is 4. The second-order valence-electron chi connectivity index (χ2n) is 9.89. The van der Waals surface area contributed by atoms with Crippen LogP contribution in [-0.4, -0.2) is 42.3 Å². The Labute approximate surface area is 264 Å². The Hall–Kier alpha value is -4.84. The van der Waals surface area contributed by atoms with Crippen molar-refractivity contribution in [3.8, 4) is 23.1 Å². The van der Waals surface area contributed by atoms with Crippen molar-refractivity contribution < 1.29 is 41.9 Å². The molecule has 46 heavy (non-hydrogen) atoms. The third-order valence-corrected chi connectivity index (χ3v) is 8.45. The number of thiazole rings is 1. The summed E-state index contributed by atoms with van der Waals surface area (Å²) in [6.07, 6.45) is 2.67. The number of ether oxygens (including phenoxy) is 2. The third-order valence-electron chi connectivity index (χ3n) is 6.97. The molecule has 5 rings (SSSR count). The molecule has 236 valence electrons. The fourth-order valence-electron chi connectivity index (χ4n) is 4.69. The minimum Gasteiger partial charge on any atom is -0.435 e. The summed E-state index contributed by atoms with van der Waals surface area (Å²) in [5, 5.41) is 15.6. The van der Waals surface area contributed by atoms with Crippen molar-refractivity contribution in [2.75, 3.05) is 6.79 Å². The number of hydrogen-bond donors (Lipinski definition) is 2. The van der Waals surface area contributed by atoms with Crippen LogP contribution in [0.3, 0.4) is 0 Å². The fraction of sp³-hybridized carbons (Fsp3) is 0.167. The van der Waals surface area contributed by atoms with Crippen LogP contribution in [0, 0.1) is 23.0 Å². The molecule has 12 nitrogen and oxygen atoms in total. The number of halogens is 2. The molecular formula is C30H24F2N5O7PS. The Morgan fingerprint density at radius 3 is 2.50 bits per heavy atom. The second kappa shape index (κ2) is 13.7. The molecule has 0 radical (unpaired) electrons. The van der Waals surface area contributed by atoms with Crippen LogP contribution in [0.15, 0.2) is 84.8 Å². The Kier molecular flexibility index (Phi) is 9.66. The lowest BCUT2D eigenvalue weighted by molar-refractivity contribution is -0.148. The van der Waals surface area contributed by atoms with Crippen molar-refractivity contribution in [3.05, 3.63) is 118 Å². The topological polar surface area (TPSA) is 170 Å². The smallest absolute Gasteiger partial charge is 0.435 e. The summed E-state index contributed by atoms with van der Waals surface area (Å²) in [5.74, 6) is -3.49.